The van der Waals surface area contributed by atoms with Crippen LogP contribution in [0.5, 0.6) is 0 Å². The van der Waals surface area contributed by atoms with Crippen molar-refractivity contribution in [2.75, 3.05) is 44.7 Å². The average Bonchev–Trinajstić information content (AvgIpc) is 2.74. The second-order valence-corrected chi connectivity index (χ2v) is 7.21. The van der Waals surface area contributed by atoms with Crippen molar-refractivity contribution in [1.82, 2.24) is 19.9 Å². The van der Waals surface area contributed by atoms with E-state index in [4.69, 9.17) is 9.72 Å². The fourth-order valence-electron chi connectivity index (χ4n) is 3.57. The summed E-state index contributed by atoms with van der Waals surface area (Å²) in [7, 11) is 0. The Kier molecular flexibility index (Phi) is 5.78. The first-order valence-electron chi connectivity index (χ1n) is 9.99. The lowest BCUT2D eigenvalue weighted by Gasteiger charge is -2.26. The van der Waals surface area contributed by atoms with Gasteiger partial charge in [0.2, 0.25) is 5.95 Å². The lowest BCUT2D eigenvalue weighted by molar-refractivity contribution is 0.0384. The monoisotopic (exact) mass is 377 g/mol. The van der Waals surface area contributed by atoms with Crippen LogP contribution in [0.4, 0.5) is 5.95 Å². The molecule has 0 spiro atoms. The number of hydrogen-bond donors (Lipinski definition) is 1. The summed E-state index contributed by atoms with van der Waals surface area (Å²) >= 11 is 0. The zero-order chi connectivity index (χ0) is 19.3. The van der Waals surface area contributed by atoms with Crippen LogP contribution in [0, 0.1) is 6.92 Å². The van der Waals surface area contributed by atoms with E-state index >= 15 is 0 Å². The van der Waals surface area contributed by atoms with Gasteiger partial charge in [-0.1, -0.05) is 6.07 Å². The lowest BCUT2D eigenvalue weighted by Crippen LogP contribution is -2.37. The molecule has 0 bridgehead atoms. The average molecular weight is 377 g/mol. The van der Waals surface area contributed by atoms with Gasteiger partial charge in [0.15, 0.2) is 0 Å². The molecule has 4 rings (SSSR count). The van der Waals surface area contributed by atoms with Crippen LogP contribution in [0.15, 0.2) is 36.7 Å². The molecule has 1 saturated heterocycles. The van der Waals surface area contributed by atoms with E-state index in [1.807, 2.05) is 19.3 Å². The van der Waals surface area contributed by atoms with Crippen molar-refractivity contribution in [3.8, 4) is 11.3 Å². The van der Waals surface area contributed by atoms with Gasteiger partial charge in [0.25, 0.3) is 0 Å². The van der Waals surface area contributed by atoms with Crippen LogP contribution in [-0.2, 0) is 11.2 Å². The summed E-state index contributed by atoms with van der Waals surface area (Å²) in [6.45, 7) is 9.83. The number of benzene rings is 1. The van der Waals surface area contributed by atoms with E-state index in [-0.39, 0.29) is 0 Å². The van der Waals surface area contributed by atoms with Crippen molar-refractivity contribution < 1.29 is 4.74 Å². The second kappa shape index (κ2) is 8.63. The minimum Gasteiger partial charge on any atom is -0.379 e. The summed E-state index contributed by atoms with van der Waals surface area (Å²) in [6, 6.07) is 8.74. The Hall–Kier alpha value is -2.57. The molecular weight excluding hydrogens is 350 g/mol. The molecular formula is C22H27N5O. The van der Waals surface area contributed by atoms with Crippen LogP contribution < -0.4 is 5.32 Å². The normalized spacial score (nSPS) is 15.1. The highest BCUT2D eigenvalue weighted by atomic mass is 16.5. The molecule has 1 N–H and O–H groups in total. The molecule has 0 aliphatic carbocycles. The van der Waals surface area contributed by atoms with Crippen LogP contribution in [0.1, 0.15) is 18.1 Å². The van der Waals surface area contributed by atoms with Crippen LogP contribution in [-0.4, -0.2) is 59.2 Å². The molecule has 6 nitrogen and oxygen atoms in total. The lowest BCUT2D eigenvalue weighted by atomic mass is 10.0. The van der Waals surface area contributed by atoms with Gasteiger partial charge in [0, 0.05) is 49.5 Å². The molecule has 146 valence electrons. The van der Waals surface area contributed by atoms with E-state index in [9.17, 15) is 0 Å². The highest BCUT2D eigenvalue weighted by Gasteiger charge is 2.11. The van der Waals surface area contributed by atoms with Gasteiger partial charge in [-0.05, 0) is 49.6 Å². The molecule has 0 amide bonds. The van der Waals surface area contributed by atoms with Gasteiger partial charge >= 0.3 is 0 Å². The minimum atomic E-state index is 0.647. The van der Waals surface area contributed by atoms with Gasteiger partial charge in [0.05, 0.1) is 24.4 Å². The summed E-state index contributed by atoms with van der Waals surface area (Å²) in [5.74, 6) is 0.647. The molecule has 0 atom stereocenters. The number of pyridine rings is 1. The maximum atomic E-state index is 5.43. The quantitative estimate of drug-likeness (QED) is 0.711. The van der Waals surface area contributed by atoms with E-state index in [1.54, 1.807) is 0 Å². The topological polar surface area (TPSA) is 63.2 Å². The number of anilines is 1. The Morgan fingerprint density at radius 3 is 2.64 bits per heavy atom. The number of aromatic nitrogens is 3. The number of hydrogen-bond acceptors (Lipinski definition) is 6. The van der Waals surface area contributed by atoms with Gasteiger partial charge in [0.1, 0.15) is 0 Å². The Morgan fingerprint density at radius 1 is 1.11 bits per heavy atom. The van der Waals surface area contributed by atoms with E-state index in [0.717, 1.165) is 62.6 Å². The summed E-state index contributed by atoms with van der Waals surface area (Å²) in [5.41, 5.74) is 5.44. The molecule has 0 unspecified atom stereocenters. The summed E-state index contributed by atoms with van der Waals surface area (Å²) in [6.07, 6.45) is 4.71. The fraction of sp³-hybridized carbons (Fsp3) is 0.409. The fourth-order valence-corrected chi connectivity index (χ4v) is 3.57. The molecule has 1 aromatic carbocycles. The first-order valence-corrected chi connectivity index (χ1v) is 9.99. The zero-order valence-electron chi connectivity index (χ0n) is 16.6. The molecule has 0 saturated carbocycles. The number of nitrogens with one attached hydrogen (secondary N) is 1. The van der Waals surface area contributed by atoms with Gasteiger partial charge in [-0.25, -0.2) is 15.0 Å². The van der Waals surface area contributed by atoms with Crippen molar-refractivity contribution >= 4 is 16.9 Å². The molecule has 1 fully saturated rings. The number of aryl methyl sites for hydroxylation is 1. The Morgan fingerprint density at radius 2 is 1.89 bits per heavy atom. The molecule has 1 aliphatic rings. The zero-order valence-corrected chi connectivity index (χ0v) is 16.6. The largest absolute Gasteiger partial charge is 0.379 e. The van der Waals surface area contributed by atoms with Crippen molar-refractivity contribution in [2.45, 2.75) is 20.3 Å². The van der Waals surface area contributed by atoms with E-state index in [1.165, 1.54) is 16.5 Å². The molecule has 6 heteroatoms. The first-order chi connectivity index (χ1) is 13.7. The van der Waals surface area contributed by atoms with Gasteiger partial charge in [-0.15, -0.1) is 0 Å². The van der Waals surface area contributed by atoms with Crippen LogP contribution in [0.25, 0.3) is 22.2 Å². The molecule has 2 aromatic heterocycles. The standard InChI is InChI=1S/C22H27N5O/c1-3-23-22-24-14-18(15-25-22)21-12-16(2)19-13-17(4-5-20(19)26-21)6-7-27-8-10-28-11-9-27/h4-5,12-15H,3,6-11H2,1-2H3,(H,23,24,25). The summed E-state index contributed by atoms with van der Waals surface area (Å²) in [5, 5.41) is 4.33. The minimum absolute atomic E-state index is 0.647. The Balaban J connectivity index is 1.53. The number of fused-ring (bicyclic) bond motifs is 1. The number of rotatable bonds is 6. The maximum absolute atomic E-state index is 5.43. The van der Waals surface area contributed by atoms with E-state index in [2.05, 4.69) is 51.4 Å². The highest BCUT2D eigenvalue weighted by molar-refractivity contribution is 5.85. The van der Waals surface area contributed by atoms with E-state index < -0.39 is 0 Å². The van der Waals surface area contributed by atoms with Crippen LogP contribution in [0.2, 0.25) is 0 Å². The predicted octanol–water partition coefficient (Wildman–Crippen LogP) is 3.31. The number of morpholine rings is 1. The van der Waals surface area contributed by atoms with Crippen LogP contribution >= 0.6 is 0 Å². The second-order valence-electron chi connectivity index (χ2n) is 7.21. The third kappa shape index (κ3) is 4.29. The Labute approximate surface area is 166 Å². The molecule has 0 radical (unpaired) electrons. The van der Waals surface area contributed by atoms with Gasteiger partial charge in [-0.3, -0.25) is 4.90 Å². The first kappa shape index (κ1) is 18.8. The molecule has 3 heterocycles. The SMILES string of the molecule is CCNc1ncc(-c2cc(C)c3cc(CCN4CCOCC4)ccc3n2)cn1. The van der Waals surface area contributed by atoms with Gasteiger partial charge in [-0.2, -0.15) is 0 Å². The molecule has 3 aromatic rings. The predicted molar refractivity (Wildman–Crippen MR) is 113 cm³/mol. The Bertz CT molecular complexity index is 936. The van der Waals surface area contributed by atoms with Crippen molar-refractivity contribution in [3.63, 3.8) is 0 Å². The summed E-state index contributed by atoms with van der Waals surface area (Å²) < 4.78 is 5.43. The highest BCUT2D eigenvalue weighted by Crippen LogP contribution is 2.25. The van der Waals surface area contributed by atoms with Crippen molar-refractivity contribution in [3.05, 3.63) is 47.8 Å². The number of ether oxygens (including phenoxy) is 1. The molecule has 1 aliphatic heterocycles. The molecule has 28 heavy (non-hydrogen) atoms. The third-order valence-corrected chi connectivity index (χ3v) is 5.18. The third-order valence-electron chi connectivity index (χ3n) is 5.18. The van der Waals surface area contributed by atoms with Crippen molar-refractivity contribution in [2.24, 2.45) is 0 Å². The van der Waals surface area contributed by atoms with Crippen LogP contribution in [0.3, 0.4) is 0 Å². The maximum Gasteiger partial charge on any atom is 0.222 e. The van der Waals surface area contributed by atoms with Crippen molar-refractivity contribution in [1.29, 1.82) is 0 Å². The van der Waals surface area contributed by atoms with E-state index in [0.29, 0.717) is 5.95 Å². The smallest absolute Gasteiger partial charge is 0.222 e. The summed E-state index contributed by atoms with van der Waals surface area (Å²) in [4.78, 5) is 16.0. The number of nitrogens with zero attached hydrogens (tertiary/aromatic N) is 4. The van der Waals surface area contributed by atoms with Gasteiger partial charge < -0.3 is 10.1 Å².